The summed E-state index contributed by atoms with van der Waals surface area (Å²) in [4.78, 5) is 5.79. The number of benzene rings is 1. The highest BCUT2D eigenvalue weighted by atomic mass is 32.1. The van der Waals surface area contributed by atoms with Crippen LogP contribution in [0.5, 0.6) is 0 Å². The Morgan fingerprint density at radius 3 is 2.76 bits per heavy atom. The van der Waals surface area contributed by atoms with Gasteiger partial charge in [-0.1, -0.05) is 12.5 Å². The summed E-state index contributed by atoms with van der Waals surface area (Å²) in [6, 6.07) is 6.21. The lowest BCUT2D eigenvalue weighted by atomic mass is 9.86. The Hall–Kier alpha value is -1.35. The van der Waals surface area contributed by atoms with Crippen molar-refractivity contribution >= 4 is 17.0 Å². The maximum Gasteiger partial charge on any atom is 0.0962 e. The first-order valence-corrected chi connectivity index (χ1v) is 6.87. The monoisotopic (exact) mass is 244 g/mol. The molecule has 3 rings (SSSR count). The Bertz CT molecular complexity index is 521. The molecule has 0 unspecified atom stereocenters. The fourth-order valence-corrected chi connectivity index (χ4v) is 3.29. The van der Waals surface area contributed by atoms with E-state index in [1.54, 1.807) is 0 Å². The van der Waals surface area contributed by atoms with Crippen molar-refractivity contribution in [2.45, 2.75) is 32.1 Å². The van der Waals surface area contributed by atoms with Gasteiger partial charge in [0.25, 0.3) is 0 Å². The maximum absolute atomic E-state index is 5.88. The summed E-state index contributed by atoms with van der Waals surface area (Å²) >= 11 is 1.82. The average Bonchev–Trinajstić information content (AvgIpc) is 2.62. The molecule has 3 heteroatoms. The summed E-state index contributed by atoms with van der Waals surface area (Å²) in [7, 11) is 0. The molecule has 0 bridgehead atoms. The Morgan fingerprint density at radius 2 is 2.12 bits per heavy atom. The second-order valence-corrected chi connectivity index (χ2v) is 5.89. The highest BCUT2D eigenvalue weighted by Gasteiger charge is 2.22. The van der Waals surface area contributed by atoms with Gasteiger partial charge in [0.05, 0.1) is 9.88 Å². The van der Waals surface area contributed by atoms with Crippen LogP contribution in [0.3, 0.4) is 0 Å². The Kier molecular flexibility index (Phi) is 2.63. The molecule has 0 atom stereocenters. The second kappa shape index (κ2) is 4.15. The third-order valence-corrected chi connectivity index (χ3v) is 4.57. The lowest BCUT2D eigenvalue weighted by Crippen LogP contribution is -2.07. The SMILES string of the molecule is Cc1cc(N)cc(-c2cnc(C3CCC3)s2)c1. The third kappa shape index (κ3) is 2.07. The van der Waals surface area contributed by atoms with E-state index in [2.05, 4.69) is 18.0 Å². The van der Waals surface area contributed by atoms with Gasteiger partial charge in [-0.25, -0.2) is 4.98 Å². The second-order valence-electron chi connectivity index (χ2n) is 4.82. The summed E-state index contributed by atoms with van der Waals surface area (Å²) in [5, 5.41) is 1.30. The molecule has 2 N–H and O–H groups in total. The van der Waals surface area contributed by atoms with Crippen LogP contribution in [-0.4, -0.2) is 4.98 Å². The minimum absolute atomic E-state index is 0.718. The number of thiazole rings is 1. The van der Waals surface area contributed by atoms with Crippen molar-refractivity contribution in [1.82, 2.24) is 4.98 Å². The van der Waals surface area contributed by atoms with Gasteiger partial charge in [-0.2, -0.15) is 0 Å². The molecule has 0 saturated heterocycles. The number of nitrogens with zero attached hydrogens (tertiary/aromatic N) is 1. The highest BCUT2D eigenvalue weighted by molar-refractivity contribution is 7.15. The van der Waals surface area contributed by atoms with Crippen LogP contribution >= 0.6 is 11.3 Å². The molecule has 1 aromatic heterocycles. The molecule has 2 aromatic rings. The van der Waals surface area contributed by atoms with Crippen LogP contribution in [0.25, 0.3) is 10.4 Å². The predicted molar refractivity (Wildman–Crippen MR) is 73.3 cm³/mol. The van der Waals surface area contributed by atoms with Gasteiger partial charge < -0.3 is 5.73 Å². The Balaban J connectivity index is 1.94. The van der Waals surface area contributed by atoms with Gasteiger partial charge in [0, 0.05) is 17.8 Å². The first-order valence-electron chi connectivity index (χ1n) is 6.05. The summed E-state index contributed by atoms with van der Waals surface area (Å²) in [6.07, 6.45) is 5.97. The predicted octanol–water partition coefficient (Wildman–Crippen LogP) is 3.97. The first kappa shape index (κ1) is 10.8. The van der Waals surface area contributed by atoms with Gasteiger partial charge in [-0.3, -0.25) is 0 Å². The summed E-state index contributed by atoms with van der Waals surface area (Å²) in [5.74, 6) is 0.718. The molecule has 17 heavy (non-hydrogen) atoms. The number of anilines is 1. The molecule has 1 fully saturated rings. The van der Waals surface area contributed by atoms with E-state index in [1.165, 1.54) is 40.3 Å². The minimum atomic E-state index is 0.718. The molecule has 1 aromatic carbocycles. The van der Waals surface area contributed by atoms with Gasteiger partial charge in [0.2, 0.25) is 0 Å². The minimum Gasteiger partial charge on any atom is -0.399 e. The highest BCUT2D eigenvalue weighted by Crippen LogP contribution is 2.40. The van der Waals surface area contributed by atoms with E-state index in [-0.39, 0.29) is 0 Å². The number of nitrogen functional groups attached to an aromatic ring is 1. The van der Waals surface area contributed by atoms with Crippen LogP contribution in [0.15, 0.2) is 24.4 Å². The smallest absolute Gasteiger partial charge is 0.0962 e. The lowest BCUT2D eigenvalue weighted by Gasteiger charge is -2.22. The van der Waals surface area contributed by atoms with Crippen LogP contribution < -0.4 is 5.73 Å². The first-order chi connectivity index (χ1) is 8.22. The number of hydrogen-bond donors (Lipinski definition) is 1. The Morgan fingerprint density at radius 1 is 1.29 bits per heavy atom. The zero-order valence-corrected chi connectivity index (χ0v) is 10.8. The molecule has 1 heterocycles. The van der Waals surface area contributed by atoms with E-state index in [0.717, 1.165) is 11.6 Å². The normalized spacial score (nSPS) is 15.8. The van der Waals surface area contributed by atoms with Crippen LogP contribution in [0.1, 0.15) is 35.8 Å². The lowest BCUT2D eigenvalue weighted by molar-refractivity contribution is 0.418. The van der Waals surface area contributed by atoms with Crippen molar-refractivity contribution in [2.24, 2.45) is 0 Å². The standard InChI is InChI=1S/C14H16N2S/c1-9-5-11(7-12(15)6-9)13-8-16-14(17-13)10-3-2-4-10/h5-8,10H,2-4,15H2,1H3. The topological polar surface area (TPSA) is 38.9 Å². The van der Waals surface area contributed by atoms with E-state index in [1.807, 2.05) is 29.7 Å². The number of rotatable bonds is 2. The molecule has 88 valence electrons. The summed E-state index contributed by atoms with van der Waals surface area (Å²) < 4.78 is 0. The number of nitrogens with two attached hydrogens (primary N) is 1. The van der Waals surface area contributed by atoms with Gasteiger partial charge in [-0.05, 0) is 43.0 Å². The van der Waals surface area contributed by atoms with Crippen molar-refractivity contribution in [2.75, 3.05) is 5.73 Å². The number of hydrogen-bond acceptors (Lipinski definition) is 3. The summed E-state index contributed by atoms with van der Waals surface area (Å²) in [5.41, 5.74) is 9.12. The zero-order chi connectivity index (χ0) is 11.8. The molecule has 0 radical (unpaired) electrons. The fourth-order valence-electron chi connectivity index (χ4n) is 2.22. The molecule has 0 aliphatic heterocycles. The largest absolute Gasteiger partial charge is 0.399 e. The fraction of sp³-hybridized carbons (Fsp3) is 0.357. The molecule has 0 spiro atoms. The van der Waals surface area contributed by atoms with E-state index < -0.39 is 0 Å². The average molecular weight is 244 g/mol. The van der Waals surface area contributed by atoms with Crippen molar-refractivity contribution in [3.63, 3.8) is 0 Å². The quantitative estimate of drug-likeness (QED) is 0.812. The van der Waals surface area contributed by atoms with Gasteiger partial charge in [-0.15, -0.1) is 11.3 Å². The Labute approximate surface area is 106 Å². The van der Waals surface area contributed by atoms with Crippen LogP contribution in [0, 0.1) is 6.92 Å². The van der Waals surface area contributed by atoms with Crippen molar-refractivity contribution in [3.05, 3.63) is 35.0 Å². The van der Waals surface area contributed by atoms with Crippen molar-refractivity contribution in [1.29, 1.82) is 0 Å². The van der Waals surface area contributed by atoms with Gasteiger partial charge in [0.15, 0.2) is 0 Å². The van der Waals surface area contributed by atoms with Gasteiger partial charge >= 0.3 is 0 Å². The molecule has 1 aliphatic carbocycles. The van der Waals surface area contributed by atoms with Crippen molar-refractivity contribution < 1.29 is 0 Å². The van der Waals surface area contributed by atoms with E-state index in [4.69, 9.17) is 5.73 Å². The third-order valence-electron chi connectivity index (χ3n) is 3.36. The van der Waals surface area contributed by atoms with Crippen LogP contribution in [-0.2, 0) is 0 Å². The molecule has 1 aliphatic rings. The molecular formula is C14H16N2S. The maximum atomic E-state index is 5.88. The van der Waals surface area contributed by atoms with Crippen molar-refractivity contribution in [3.8, 4) is 10.4 Å². The van der Waals surface area contributed by atoms with Crippen LogP contribution in [0.4, 0.5) is 5.69 Å². The molecule has 0 amide bonds. The van der Waals surface area contributed by atoms with Gasteiger partial charge in [0.1, 0.15) is 0 Å². The van der Waals surface area contributed by atoms with Crippen LogP contribution in [0.2, 0.25) is 0 Å². The van der Waals surface area contributed by atoms with E-state index in [0.29, 0.717) is 0 Å². The number of aryl methyl sites for hydroxylation is 1. The zero-order valence-electron chi connectivity index (χ0n) is 9.94. The van der Waals surface area contributed by atoms with E-state index in [9.17, 15) is 0 Å². The number of aromatic nitrogens is 1. The molecule has 2 nitrogen and oxygen atoms in total. The molecular weight excluding hydrogens is 228 g/mol. The summed E-state index contributed by atoms with van der Waals surface area (Å²) in [6.45, 7) is 2.08. The van der Waals surface area contributed by atoms with E-state index >= 15 is 0 Å². The molecule has 1 saturated carbocycles.